The van der Waals surface area contributed by atoms with E-state index in [9.17, 15) is 9.59 Å². The predicted octanol–water partition coefficient (Wildman–Crippen LogP) is 5.97. The molecule has 0 aliphatic carbocycles. The number of esters is 1. The van der Waals surface area contributed by atoms with Gasteiger partial charge in [-0.05, 0) is 55.1 Å². The number of carbonyl (C=O) groups excluding carboxylic acids is 2. The van der Waals surface area contributed by atoms with Crippen molar-refractivity contribution in [2.45, 2.75) is 26.0 Å². The Balaban J connectivity index is 1.75. The molecule has 7 heteroatoms. The van der Waals surface area contributed by atoms with Gasteiger partial charge in [-0.3, -0.25) is 4.79 Å². The van der Waals surface area contributed by atoms with Crippen LogP contribution in [0.3, 0.4) is 0 Å². The van der Waals surface area contributed by atoms with Crippen molar-refractivity contribution >= 4 is 41.1 Å². The molecule has 3 aromatic rings. The normalized spacial score (nSPS) is 13.7. The first-order valence-corrected chi connectivity index (χ1v) is 12.0. The van der Waals surface area contributed by atoms with Crippen LogP contribution in [0, 0.1) is 0 Å². The number of methoxy groups -OCH3 is 2. The van der Waals surface area contributed by atoms with Gasteiger partial charge in [0.15, 0.2) is 11.5 Å². The van der Waals surface area contributed by atoms with Crippen LogP contribution >= 0.6 is 11.3 Å². The van der Waals surface area contributed by atoms with Crippen LogP contribution in [0.25, 0.3) is 12.2 Å². The second kappa shape index (κ2) is 10.2. The van der Waals surface area contributed by atoms with E-state index in [0.717, 1.165) is 16.7 Å². The van der Waals surface area contributed by atoms with Crippen molar-refractivity contribution in [3.05, 3.63) is 87.6 Å². The van der Waals surface area contributed by atoms with Crippen molar-refractivity contribution < 1.29 is 23.8 Å². The second-order valence-corrected chi connectivity index (χ2v) is 9.48. The fourth-order valence-electron chi connectivity index (χ4n) is 3.80. The van der Waals surface area contributed by atoms with E-state index in [-0.39, 0.29) is 12.5 Å². The molecule has 0 saturated carbocycles. The number of rotatable bonds is 7. The van der Waals surface area contributed by atoms with Crippen LogP contribution < -0.4 is 14.4 Å². The summed E-state index contributed by atoms with van der Waals surface area (Å²) in [5.74, 6) is 0.689. The highest BCUT2D eigenvalue weighted by Gasteiger charge is 2.28. The maximum Gasteiger partial charge on any atom is 0.330 e. The summed E-state index contributed by atoms with van der Waals surface area (Å²) in [5.41, 5.74) is 2.74. The molecule has 0 atom stereocenters. The summed E-state index contributed by atoms with van der Waals surface area (Å²) in [6.07, 6.45) is 7.04. The van der Waals surface area contributed by atoms with Crippen LogP contribution in [-0.4, -0.2) is 31.7 Å². The fraction of sp³-hybridized carbons (Fsp3) is 0.214. The number of thiophene rings is 1. The molecule has 0 saturated heterocycles. The third-order valence-electron chi connectivity index (χ3n) is 5.56. The lowest BCUT2D eigenvalue weighted by Gasteiger charge is -2.30. The first-order chi connectivity index (χ1) is 16.8. The number of benzene rings is 2. The predicted molar refractivity (Wildman–Crippen MR) is 139 cm³/mol. The number of anilines is 1. The van der Waals surface area contributed by atoms with Gasteiger partial charge in [0, 0.05) is 22.9 Å². The van der Waals surface area contributed by atoms with Gasteiger partial charge in [0.05, 0.1) is 25.6 Å². The Bertz CT molecular complexity index is 1290. The first-order valence-electron chi connectivity index (χ1n) is 11.1. The summed E-state index contributed by atoms with van der Waals surface area (Å²) >= 11 is 1.39. The molecule has 4 rings (SSSR count). The van der Waals surface area contributed by atoms with E-state index >= 15 is 0 Å². The van der Waals surface area contributed by atoms with Crippen molar-refractivity contribution in [3.63, 3.8) is 0 Å². The Hall–Kier alpha value is -3.84. The first kappa shape index (κ1) is 24.3. The van der Waals surface area contributed by atoms with E-state index in [0.29, 0.717) is 22.1 Å². The molecule has 2 aromatic carbocycles. The molecule has 2 heterocycles. The Labute approximate surface area is 209 Å². The van der Waals surface area contributed by atoms with E-state index in [1.165, 1.54) is 24.5 Å². The summed E-state index contributed by atoms with van der Waals surface area (Å²) in [6.45, 7) is 4.24. The molecule has 1 aromatic heterocycles. The van der Waals surface area contributed by atoms with Gasteiger partial charge in [0.25, 0.3) is 5.91 Å². The molecule has 0 bridgehead atoms. The molecule has 1 aliphatic rings. The highest BCUT2D eigenvalue weighted by Crippen LogP contribution is 2.42. The van der Waals surface area contributed by atoms with Crippen LogP contribution in [0.4, 0.5) is 5.69 Å². The van der Waals surface area contributed by atoms with Crippen LogP contribution in [0.1, 0.15) is 40.2 Å². The Morgan fingerprint density at radius 3 is 2.66 bits per heavy atom. The Morgan fingerprint density at radius 2 is 1.94 bits per heavy atom. The van der Waals surface area contributed by atoms with E-state index < -0.39 is 11.6 Å². The Kier molecular flexibility index (Phi) is 7.07. The van der Waals surface area contributed by atoms with Crippen molar-refractivity contribution in [2.24, 2.45) is 0 Å². The zero-order valence-corrected chi connectivity index (χ0v) is 20.9. The molecule has 0 N–H and O–H groups in total. The molecule has 1 amide bonds. The number of amides is 1. The number of carbonyl (C=O) groups is 2. The number of hydrogen-bond acceptors (Lipinski definition) is 6. The van der Waals surface area contributed by atoms with Gasteiger partial charge in [-0.2, -0.15) is 0 Å². The number of nitrogens with zero attached hydrogens (tertiary/aromatic N) is 1. The van der Waals surface area contributed by atoms with Crippen LogP contribution in [0.5, 0.6) is 11.5 Å². The second-order valence-electron chi connectivity index (χ2n) is 8.54. The lowest BCUT2D eigenvalue weighted by molar-refractivity contribution is -0.134. The quantitative estimate of drug-likeness (QED) is 0.302. The van der Waals surface area contributed by atoms with Crippen molar-refractivity contribution in [1.29, 1.82) is 0 Å². The SMILES string of the molecule is COC(=O)/C=C/c1cccc(N(Cc2ccc3c(c2OC)OC(C)(C)C=C3)C(=O)c2cccs2)c1. The third kappa shape index (κ3) is 5.46. The number of hydrogen-bond donors (Lipinski definition) is 0. The van der Waals surface area contributed by atoms with Crippen molar-refractivity contribution in [2.75, 3.05) is 19.1 Å². The third-order valence-corrected chi connectivity index (χ3v) is 6.42. The average molecular weight is 490 g/mol. The van der Waals surface area contributed by atoms with Gasteiger partial charge in [-0.25, -0.2) is 4.79 Å². The standard InChI is InChI=1S/C28H27NO5S/c1-28(2)15-14-20-11-12-21(25(33-4)26(20)34-28)18-29(27(31)23-9-6-16-35-23)22-8-5-7-19(17-22)10-13-24(30)32-3/h5-17H,18H2,1-4H3/b13-10+. The highest BCUT2D eigenvalue weighted by molar-refractivity contribution is 7.12. The van der Waals surface area contributed by atoms with Crippen molar-refractivity contribution in [3.8, 4) is 11.5 Å². The van der Waals surface area contributed by atoms with E-state index in [2.05, 4.69) is 4.74 Å². The zero-order valence-electron chi connectivity index (χ0n) is 20.1. The molecule has 180 valence electrons. The van der Waals surface area contributed by atoms with Gasteiger partial charge in [0.1, 0.15) is 5.60 Å². The summed E-state index contributed by atoms with van der Waals surface area (Å²) in [6, 6.07) is 15.0. The summed E-state index contributed by atoms with van der Waals surface area (Å²) in [5, 5.41) is 1.88. The molecular weight excluding hydrogens is 462 g/mol. The summed E-state index contributed by atoms with van der Waals surface area (Å²) < 4.78 is 16.7. The molecule has 0 spiro atoms. The molecule has 1 aliphatic heterocycles. The van der Waals surface area contributed by atoms with E-state index in [1.807, 2.05) is 79.9 Å². The average Bonchev–Trinajstić information content (AvgIpc) is 3.40. The van der Waals surface area contributed by atoms with E-state index in [4.69, 9.17) is 9.47 Å². The molecular formula is C28H27NO5S. The molecule has 6 nitrogen and oxygen atoms in total. The smallest absolute Gasteiger partial charge is 0.330 e. The van der Waals surface area contributed by atoms with Crippen LogP contribution in [0.2, 0.25) is 0 Å². The minimum Gasteiger partial charge on any atom is -0.492 e. The number of ether oxygens (including phenoxy) is 3. The highest BCUT2D eigenvalue weighted by atomic mass is 32.1. The van der Waals surface area contributed by atoms with Gasteiger partial charge in [-0.1, -0.05) is 36.4 Å². The van der Waals surface area contributed by atoms with Crippen LogP contribution in [0.15, 0.2) is 66.1 Å². The minimum atomic E-state index is -0.467. The summed E-state index contributed by atoms with van der Waals surface area (Å²) in [4.78, 5) is 27.5. The number of fused-ring (bicyclic) bond motifs is 1. The van der Waals surface area contributed by atoms with Crippen molar-refractivity contribution in [1.82, 2.24) is 0 Å². The van der Waals surface area contributed by atoms with Gasteiger partial charge < -0.3 is 19.1 Å². The zero-order chi connectivity index (χ0) is 25.0. The van der Waals surface area contributed by atoms with Gasteiger partial charge >= 0.3 is 5.97 Å². The van der Waals surface area contributed by atoms with Gasteiger partial charge in [-0.15, -0.1) is 11.3 Å². The molecule has 0 radical (unpaired) electrons. The van der Waals surface area contributed by atoms with Gasteiger partial charge in [0.2, 0.25) is 0 Å². The maximum absolute atomic E-state index is 13.6. The maximum atomic E-state index is 13.6. The van der Waals surface area contributed by atoms with Crippen LogP contribution in [-0.2, 0) is 16.1 Å². The largest absolute Gasteiger partial charge is 0.492 e. The lowest BCUT2D eigenvalue weighted by atomic mass is 10.00. The topological polar surface area (TPSA) is 65.1 Å². The molecule has 35 heavy (non-hydrogen) atoms. The molecule has 0 unspecified atom stereocenters. The minimum absolute atomic E-state index is 0.130. The monoisotopic (exact) mass is 489 g/mol. The van der Waals surface area contributed by atoms with E-state index in [1.54, 1.807) is 18.1 Å². The fourth-order valence-corrected chi connectivity index (χ4v) is 4.48. The lowest BCUT2D eigenvalue weighted by Crippen LogP contribution is -2.31. The summed E-state index contributed by atoms with van der Waals surface area (Å²) in [7, 11) is 2.94. The molecule has 0 fully saturated rings. The Morgan fingerprint density at radius 1 is 1.11 bits per heavy atom.